The Bertz CT molecular complexity index is 1260. The highest BCUT2D eigenvalue weighted by molar-refractivity contribution is 6.09. The van der Waals surface area contributed by atoms with E-state index in [9.17, 15) is 20.0 Å². The van der Waals surface area contributed by atoms with E-state index in [1.54, 1.807) is 24.3 Å². The van der Waals surface area contributed by atoms with Crippen LogP contribution in [0.3, 0.4) is 0 Å². The van der Waals surface area contributed by atoms with Gasteiger partial charge in [0, 0.05) is 35.4 Å². The minimum Gasteiger partial charge on any atom is -0.491 e. The van der Waals surface area contributed by atoms with Gasteiger partial charge in [0.2, 0.25) is 0 Å². The molecular weight excluding hydrogens is 432 g/mol. The van der Waals surface area contributed by atoms with Crippen LogP contribution < -0.4 is 9.30 Å². The number of rotatable bonds is 9. The molecule has 0 aliphatic carbocycles. The molecule has 0 bridgehead atoms. The fraction of sp³-hybridized carbons (Fsp3) is 0.111. The molecule has 1 aromatic heterocycles. The Morgan fingerprint density at radius 1 is 0.853 bits per heavy atom. The predicted molar refractivity (Wildman–Crippen MR) is 127 cm³/mol. The second-order valence-electron chi connectivity index (χ2n) is 7.77. The number of non-ortho nitro benzene ring substituents is 1. The van der Waals surface area contributed by atoms with Crippen molar-refractivity contribution in [2.45, 2.75) is 12.6 Å². The summed E-state index contributed by atoms with van der Waals surface area (Å²) in [6.45, 7) is 0.481. The Morgan fingerprint density at radius 3 is 2.00 bits per heavy atom. The Kier molecular flexibility index (Phi) is 7.05. The lowest BCUT2D eigenvalue weighted by Crippen LogP contribution is -2.41. The van der Waals surface area contributed by atoms with Crippen LogP contribution in [0.15, 0.2) is 103 Å². The summed E-state index contributed by atoms with van der Waals surface area (Å²) < 4.78 is 7.56. The smallest absolute Gasteiger partial charge is 0.269 e. The van der Waals surface area contributed by atoms with Crippen LogP contribution in [0.4, 0.5) is 5.69 Å². The zero-order valence-corrected chi connectivity index (χ0v) is 18.3. The summed E-state index contributed by atoms with van der Waals surface area (Å²) >= 11 is 0. The number of carbonyl (C=O) groups excluding carboxylic acids is 1. The van der Waals surface area contributed by atoms with E-state index < -0.39 is 11.0 Å². The molecule has 1 unspecified atom stereocenters. The molecule has 7 nitrogen and oxygen atoms in total. The van der Waals surface area contributed by atoms with Crippen molar-refractivity contribution in [3.05, 3.63) is 125 Å². The van der Waals surface area contributed by atoms with Crippen molar-refractivity contribution in [2.75, 3.05) is 6.61 Å². The van der Waals surface area contributed by atoms with Crippen LogP contribution in [-0.2, 0) is 6.54 Å². The van der Waals surface area contributed by atoms with Crippen LogP contribution in [0.1, 0.15) is 15.9 Å². The molecule has 4 rings (SSSR count). The van der Waals surface area contributed by atoms with Gasteiger partial charge in [-0.2, -0.15) is 0 Å². The average Bonchev–Trinajstić information content (AvgIpc) is 2.88. The van der Waals surface area contributed by atoms with Gasteiger partial charge in [-0.05, 0) is 47.5 Å². The third kappa shape index (κ3) is 5.70. The van der Waals surface area contributed by atoms with Gasteiger partial charge in [0.25, 0.3) is 5.69 Å². The van der Waals surface area contributed by atoms with Gasteiger partial charge in [-0.3, -0.25) is 14.9 Å². The van der Waals surface area contributed by atoms with E-state index in [0.717, 1.165) is 11.1 Å². The molecule has 7 heteroatoms. The molecule has 34 heavy (non-hydrogen) atoms. The standard InChI is InChI=1S/C27H23N2O5/c30-25(18-28-16-14-21(15-17-28)20-4-2-1-3-5-20)19-34-26-12-8-23(9-13-26)27(31)22-6-10-24(11-7-22)29(32)33/h1-17,25,30H,18-19H2/q+1. The number of aromatic nitrogens is 1. The molecule has 3 aromatic carbocycles. The van der Waals surface area contributed by atoms with Gasteiger partial charge in [-0.25, -0.2) is 4.57 Å². The molecule has 1 heterocycles. The number of hydrogen-bond acceptors (Lipinski definition) is 5. The molecule has 0 amide bonds. The molecule has 0 saturated carbocycles. The summed E-state index contributed by atoms with van der Waals surface area (Å²) in [5.74, 6) is 0.292. The Morgan fingerprint density at radius 2 is 1.41 bits per heavy atom. The van der Waals surface area contributed by atoms with Crippen LogP contribution >= 0.6 is 0 Å². The van der Waals surface area contributed by atoms with Gasteiger partial charge in [-0.1, -0.05) is 30.3 Å². The summed E-state index contributed by atoms with van der Waals surface area (Å²) in [5, 5.41) is 21.1. The van der Waals surface area contributed by atoms with Gasteiger partial charge >= 0.3 is 0 Å². The Labute approximate surface area is 196 Å². The first kappa shape index (κ1) is 22.8. The largest absolute Gasteiger partial charge is 0.491 e. The maximum atomic E-state index is 12.6. The van der Waals surface area contributed by atoms with Crippen LogP contribution in [0.5, 0.6) is 5.75 Å². The van der Waals surface area contributed by atoms with Crippen molar-refractivity contribution in [3.63, 3.8) is 0 Å². The van der Waals surface area contributed by atoms with Crippen molar-refractivity contribution in [1.82, 2.24) is 0 Å². The third-order valence-corrected chi connectivity index (χ3v) is 5.32. The monoisotopic (exact) mass is 455 g/mol. The molecule has 0 spiro atoms. The van der Waals surface area contributed by atoms with Crippen LogP contribution in [0, 0.1) is 10.1 Å². The first-order chi connectivity index (χ1) is 16.5. The average molecular weight is 455 g/mol. The van der Waals surface area contributed by atoms with E-state index >= 15 is 0 Å². The highest BCUT2D eigenvalue weighted by atomic mass is 16.6. The lowest BCUT2D eigenvalue weighted by molar-refractivity contribution is -0.703. The number of ketones is 1. The first-order valence-corrected chi connectivity index (χ1v) is 10.7. The molecule has 0 saturated heterocycles. The number of nitro benzene ring substituents is 1. The molecule has 0 fully saturated rings. The highest BCUT2D eigenvalue weighted by Crippen LogP contribution is 2.19. The second-order valence-corrected chi connectivity index (χ2v) is 7.77. The van der Waals surface area contributed by atoms with Crippen LogP contribution in [0.2, 0.25) is 0 Å². The maximum absolute atomic E-state index is 12.6. The summed E-state index contributed by atoms with van der Waals surface area (Å²) in [5.41, 5.74) is 2.98. The van der Waals surface area contributed by atoms with E-state index in [1.165, 1.54) is 24.3 Å². The van der Waals surface area contributed by atoms with Gasteiger partial charge in [0.15, 0.2) is 24.7 Å². The van der Waals surface area contributed by atoms with Crippen molar-refractivity contribution in [1.29, 1.82) is 0 Å². The zero-order chi connectivity index (χ0) is 23.9. The van der Waals surface area contributed by atoms with Crippen molar-refractivity contribution >= 4 is 11.5 Å². The summed E-state index contributed by atoms with van der Waals surface area (Å²) in [7, 11) is 0. The molecule has 0 aliphatic rings. The van der Waals surface area contributed by atoms with Gasteiger partial charge < -0.3 is 9.84 Å². The fourth-order valence-electron chi connectivity index (χ4n) is 3.49. The number of carbonyl (C=O) groups is 1. The number of nitrogens with zero attached hydrogens (tertiary/aromatic N) is 2. The summed E-state index contributed by atoms with van der Waals surface area (Å²) in [6.07, 6.45) is 3.13. The number of aliphatic hydroxyl groups excluding tert-OH is 1. The lowest BCUT2D eigenvalue weighted by atomic mass is 10.0. The van der Waals surface area contributed by atoms with E-state index in [2.05, 4.69) is 0 Å². The molecule has 1 N–H and O–H groups in total. The summed E-state index contributed by atoms with van der Waals surface area (Å²) in [6, 6.07) is 26.1. The minimum atomic E-state index is -0.714. The number of nitro groups is 1. The number of benzene rings is 3. The predicted octanol–water partition coefficient (Wildman–Crippen LogP) is 4.22. The van der Waals surface area contributed by atoms with Crippen molar-refractivity contribution < 1.29 is 24.1 Å². The fourth-order valence-corrected chi connectivity index (χ4v) is 3.49. The van der Waals surface area contributed by atoms with E-state index in [0.29, 0.717) is 23.4 Å². The van der Waals surface area contributed by atoms with Crippen molar-refractivity contribution in [3.8, 4) is 16.9 Å². The summed E-state index contributed by atoms with van der Waals surface area (Å²) in [4.78, 5) is 22.8. The topological polar surface area (TPSA) is 93.6 Å². The number of hydrogen-bond donors (Lipinski definition) is 1. The molecule has 1 atom stereocenters. The molecule has 0 radical (unpaired) electrons. The van der Waals surface area contributed by atoms with Gasteiger partial charge in [-0.15, -0.1) is 0 Å². The Balaban J connectivity index is 1.29. The second kappa shape index (κ2) is 10.5. The van der Waals surface area contributed by atoms with E-state index in [-0.39, 0.29) is 18.1 Å². The van der Waals surface area contributed by atoms with E-state index in [1.807, 2.05) is 59.4 Å². The molecule has 4 aromatic rings. The van der Waals surface area contributed by atoms with Crippen LogP contribution in [0.25, 0.3) is 11.1 Å². The Hall–Kier alpha value is -4.36. The van der Waals surface area contributed by atoms with Crippen LogP contribution in [-0.4, -0.2) is 28.5 Å². The van der Waals surface area contributed by atoms with E-state index in [4.69, 9.17) is 4.74 Å². The SMILES string of the molecule is O=C(c1ccc(OCC(O)C[n+]2ccc(-c3ccccc3)cc2)cc1)c1ccc([N+](=O)[O-])cc1. The number of pyridine rings is 1. The molecule has 0 aliphatic heterocycles. The van der Waals surface area contributed by atoms with Gasteiger partial charge in [0.05, 0.1) is 4.92 Å². The third-order valence-electron chi connectivity index (χ3n) is 5.32. The first-order valence-electron chi connectivity index (χ1n) is 10.7. The van der Waals surface area contributed by atoms with Gasteiger partial charge in [0.1, 0.15) is 18.5 Å². The number of ether oxygens (including phenoxy) is 1. The molecule has 170 valence electrons. The normalized spacial score (nSPS) is 11.6. The van der Waals surface area contributed by atoms with Crippen molar-refractivity contribution in [2.24, 2.45) is 0 Å². The highest BCUT2D eigenvalue weighted by Gasteiger charge is 2.14. The molecular formula is C27H23N2O5+. The zero-order valence-electron chi connectivity index (χ0n) is 18.3. The quantitative estimate of drug-likeness (QED) is 0.177. The maximum Gasteiger partial charge on any atom is 0.269 e. The number of aliphatic hydroxyl groups is 1. The minimum absolute atomic E-state index is 0.0656. The lowest BCUT2D eigenvalue weighted by Gasteiger charge is -2.11.